The van der Waals surface area contributed by atoms with E-state index >= 15 is 0 Å². The van der Waals surface area contributed by atoms with Gasteiger partial charge in [0.05, 0.1) is 12.6 Å². The van der Waals surface area contributed by atoms with Gasteiger partial charge >= 0.3 is 12.2 Å². The van der Waals surface area contributed by atoms with Gasteiger partial charge in [0.15, 0.2) is 0 Å². The van der Waals surface area contributed by atoms with Gasteiger partial charge in [-0.25, -0.2) is 20.0 Å². The van der Waals surface area contributed by atoms with Crippen molar-refractivity contribution in [1.82, 2.24) is 10.4 Å². The minimum absolute atomic E-state index is 0.0616. The molecule has 0 spiro atoms. The van der Waals surface area contributed by atoms with Crippen LogP contribution in [0.25, 0.3) is 0 Å². The van der Waals surface area contributed by atoms with Crippen molar-refractivity contribution < 1.29 is 24.2 Å². The quantitative estimate of drug-likeness (QED) is 0.303. The molecule has 33 heavy (non-hydrogen) atoms. The van der Waals surface area contributed by atoms with Crippen molar-refractivity contribution in [2.24, 2.45) is 0 Å². The molecular weight excluding hydrogens is 420 g/mol. The fraction of sp³-hybridized carbons (Fsp3) is 0.462. The predicted molar refractivity (Wildman–Crippen MR) is 127 cm³/mol. The van der Waals surface area contributed by atoms with Gasteiger partial charge in [-0.1, -0.05) is 106 Å². The summed E-state index contributed by atoms with van der Waals surface area (Å²) in [5.74, 6) is 0. The summed E-state index contributed by atoms with van der Waals surface area (Å²) in [6.07, 6.45) is 5.52. The minimum Gasteiger partial charge on any atom is -0.443 e. The number of rotatable bonds is 13. The number of nitrogens with one attached hydrogen (secondary N) is 1. The van der Waals surface area contributed by atoms with E-state index in [1.54, 1.807) is 0 Å². The van der Waals surface area contributed by atoms with Gasteiger partial charge in [-0.05, 0) is 17.5 Å². The normalized spacial score (nSPS) is 11.5. The number of carbonyl (C=O) groups is 2. The van der Waals surface area contributed by atoms with Gasteiger partial charge in [-0.3, -0.25) is 0 Å². The second-order valence-corrected chi connectivity index (χ2v) is 7.98. The molecule has 0 radical (unpaired) electrons. The maximum absolute atomic E-state index is 12.8. The van der Waals surface area contributed by atoms with E-state index < -0.39 is 18.2 Å². The molecule has 2 amide bonds. The Balaban J connectivity index is 1.95. The maximum Gasteiger partial charge on any atom is 0.429 e. The number of hydrogen-bond donors (Lipinski definition) is 2. The Morgan fingerprint density at radius 3 is 1.97 bits per heavy atom. The molecule has 0 aliphatic carbocycles. The molecule has 0 aromatic heterocycles. The van der Waals surface area contributed by atoms with Crippen molar-refractivity contribution in [2.75, 3.05) is 6.61 Å². The molecule has 2 rings (SSSR count). The van der Waals surface area contributed by atoms with E-state index in [1.807, 2.05) is 60.7 Å². The zero-order chi connectivity index (χ0) is 23.7. The smallest absolute Gasteiger partial charge is 0.429 e. The molecular formula is C26H36N2O5. The number of hydrazine groups is 1. The Bertz CT molecular complexity index is 801. The van der Waals surface area contributed by atoms with Crippen LogP contribution in [-0.4, -0.2) is 35.0 Å². The number of unbranched alkanes of at least 4 members (excludes halogenated alkanes) is 5. The first kappa shape index (κ1) is 26.2. The second-order valence-electron chi connectivity index (χ2n) is 7.98. The van der Waals surface area contributed by atoms with E-state index in [1.165, 1.54) is 19.3 Å². The van der Waals surface area contributed by atoms with Gasteiger partial charge in [-0.15, -0.1) is 0 Å². The van der Waals surface area contributed by atoms with Crippen LogP contribution >= 0.6 is 0 Å². The third-order valence-electron chi connectivity index (χ3n) is 5.29. The van der Waals surface area contributed by atoms with Crippen LogP contribution in [0.2, 0.25) is 0 Å². The number of aliphatic hydroxyl groups is 1. The first-order chi connectivity index (χ1) is 16.1. The number of amides is 2. The minimum atomic E-state index is -0.781. The first-order valence-corrected chi connectivity index (χ1v) is 11.7. The average molecular weight is 457 g/mol. The summed E-state index contributed by atoms with van der Waals surface area (Å²) in [5.41, 5.74) is 4.13. The molecule has 2 aromatic rings. The molecule has 0 fully saturated rings. The van der Waals surface area contributed by atoms with E-state index in [0.29, 0.717) is 6.42 Å². The van der Waals surface area contributed by atoms with Crippen LogP contribution in [-0.2, 0) is 22.7 Å². The summed E-state index contributed by atoms with van der Waals surface area (Å²) >= 11 is 0. The number of carbonyl (C=O) groups excluding carboxylic acids is 2. The van der Waals surface area contributed by atoms with Crippen molar-refractivity contribution in [3.8, 4) is 0 Å². The second kappa shape index (κ2) is 15.7. The molecule has 0 bridgehead atoms. The van der Waals surface area contributed by atoms with Gasteiger partial charge in [0.25, 0.3) is 0 Å². The molecule has 2 N–H and O–H groups in total. The number of aliphatic hydroxyl groups excluding tert-OH is 1. The lowest BCUT2D eigenvalue weighted by atomic mass is 10.1. The molecule has 1 unspecified atom stereocenters. The highest BCUT2D eigenvalue weighted by molar-refractivity contribution is 5.74. The standard InChI is InChI=1S/C26H36N2O5/c1-2-3-4-5-6-13-18-24(19-29)28(26(31)33-21-23-16-11-8-12-17-23)27-25(30)32-20-22-14-9-7-10-15-22/h7-12,14-17,24,29H,2-6,13,18-21H2,1H3,(H,27,30). The molecule has 0 saturated heterocycles. The van der Waals surface area contributed by atoms with Crippen molar-refractivity contribution in [2.45, 2.75) is 71.1 Å². The zero-order valence-corrected chi connectivity index (χ0v) is 19.4. The molecule has 180 valence electrons. The van der Waals surface area contributed by atoms with Gasteiger partial charge in [0.1, 0.15) is 13.2 Å². The highest BCUT2D eigenvalue weighted by Crippen LogP contribution is 2.13. The van der Waals surface area contributed by atoms with E-state index in [4.69, 9.17) is 9.47 Å². The Morgan fingerprint density at radius 2 is 1.39 bits per heavy atom. The fourth-order valence-electron chi connectivity index (χ4n) is 3.39. The predicted octanol–water partition coefficient (Wildman–Crippen LogP) is 5.58. The number of hydrogen-bond acceptors (Lipinski definition) is 5. The molecule has 0 saturated carbocycles. The van der Waals surface area contributed by atoms with Crippen LogP contribution in [0.15, 0.2) is 60.7 Å². The van der Waals surface area contributed by atoms with E-state index in [-0.39, 0.29) is 19.8 Å². The maximum atomic E-state index is 12.8. The molecule has 7 nitrogen and oxygen atoms in total. The molecule has 7 heteroatoms. The Kier molecular flexibility index (Phi) is 12.5. The Hall–Kier alpha value is -3.06. The lowest BCUT2D eigenvalue weighted by Crippen LogP contribution is -2.53. The molecule has 0 aliphatic rings. The van der Waals surface area contributed by atoms with Gasteiger partial charge in [-0.2, -0.15) is 0 Å². The van der Waals surface area contributed by atoms with E-state index in [2.05, 4.69) is 12.3 Å². The summed E-state index contributed by atoms with van der Waals surface area (Å²) in [6, 6.07) is 17.9. The Labute approximate surface area is 196 Å². The highest BCUT2D eigenvalue weighted by atomic mass is 16.6. The van der Waals surface area contributed by atoms with E-state index in [9.17, 15) is 14.7 Å². The monoisotopic (exact) mass is 456 g/mol. The molecule has 0 aliphatic heterocycles. The van der Waals surface area contributed by atoms with Gasteiger partial charge in [0.2, 0.25) is 0 Å². The third-order valence-corrected chi connectivity index (χ3v) is 5.29. The van der Waals surface area contributed by atoms with Gasteiger partial charge < -0.3 is 14.6 Å². The van der Waals surface area contributed by atoms with Crippen LogP contribution in [0.5, 0.6) is 0 Å². The zero-order valence-electron chi connectivity index (χ0n) is 19.4. The number of benzene rings is 2. The summed E-state index contributed by atoms with van der Waals surface area (Å²) < 4.78 is 10.7. The fourth-order valence-corrected chi connectivity index (χ4v) is 3.39. The lowest BCUT2D eigenvalue weighted by Gasteiger charge is -2.29. The SMILES string of the molecule is CCCCCCCCC(CO)N(NC(=O)OCc1ccccc1)C(=O)OCc1ccccc1. The largest absolute Gasteiger partial charge is 0.443 e. The summed E-state index contributed by atoms with van der Waals surface area (Å²) in [7, 11) is 0. The van der Waals surface area contributed by atoms with Crippen LogP contribution in [0.3, 0.4) is 0 Å². The topological polar surface area (TPSA) is 88.1 Å². The molecule has 1 atom stereocenters. The van der Waals surface area contributed by atoms with Crippen molar-refractivity contribution in [1.29, 1.82) is 0 Å². The van der Waals surface area contributed by atoms with Crippen molar-refractivity contribution >= 4 is 12.2 Å². The lowest BCUT2D eigenvalue weighted by molar-refractivity contribution is 0.0293. The highest BCUT2D eigenvalue weighted by Gasteiger charge is 2.27. The number of nitrogens with zero attached hydrogens (tertiary/aromatic N) is 1. The van der Waals surface area contributed by atoms with E-state index in [0.717, 1.165) is 35.4 Å². The van der Waals surface area contributed by atoms with Crippen molar-refractivity contribution in [3.63, 3.8) is 0 Å². The van der Waals surface area contributed by atoms with Crippen LogP contribution in [0, 0.1) is 0 Å². The van der Waals surface area contributed by atoms with Crippen LogP contribution in [0.1, 0.15) is 63.0 Å². The third kappa shape index (κ3) is 10.4. The molecule has 0 heterocycles. The first-order valence-electron chi connectivity index (χ1n) is 11.7. The summed E-state index contributed by atoms with van der Waals surface area (Å²) in [5, 5.41) is 11.0. The Morgan fingerprint density at radius 1 is 0.848 bits per heavy atom. The molecule has 2 aromatic carbocycles. The van der Waals surface area contributed by atoms with Gasteiger partial charge in [0, 0.05) is 0 Å². The number of ether oxygens (including phenoxy) is 2. The average Bonchev–Trinajstić information content (AvgIpc) is 2.86. The van der Waals surface area contributed by atoms with Crippen LogP contribution < -0.4 is 5.43 Å². The summed E-state index contributed by atoms with van der Waals surface area (Å²) in [6.45, 7) is 2.00. The van der Waals surface area contributed by atoms with Crippen molar-refractivity contribution in [3.05, 3.63) is 71.8 Å². The summed E-state index contributed by atoms with van der Waals surface area (Å²) in [4.78, 5) is 25.2. The van der Waals surface area contributed by atoms with Crippen LogP contribution in [0.4, 0.5) is 9.59 Å².